The molecule has 0 bridgehead atoms. The summed E-state index contributed by atoms with van der Waals surface area (Å²) in [5, 5.41) is 16.0. The highest BCUT2D eigenvalue weighted by Gasteiger charge is 2.18. The van der Waals surface area contributed by atoms with E-state index in [-0.39, 0.29) is 5.69 Å². The van der Waals surface area contributed by atoms with Gasteiger partial charge in [-0.15, -0.1) is 0 Å². The monoisotopic (exact) mass is 236 g/mol. The Morgan fingerprint density at radius 3 is 2.88 bits per heavy atom. The average Bonchev–Trinajstić information content (AvgIpc) is 2.60. The standard InChI is InChI=1S/C11H9ClN2O2/c1-6-9(10(11(15)16)14-13-6)7-3-2-4-8(12)5-7/h2-5H,1H3,(H,13,14)(H,15,16). The summed E-state index contributed by atoms with van der Waals surface area (Å²) in [5.74, 6) is -1.06. The molecule has 2 rings (SSSR count). The SMILES string of the molecule is Cc1[nH]nc(C(=O)O)c1-c1cccc(Cl)c1. The van der Waals surface area contributed by atoms with Crippen LogP contribution in [0.2, 0.25) is 5.02 Å². The van der Waals surface area contributed by atoms with E-state index in [4.69, 9.17) is 16.7 Å². The van der Waals surface area contributed by atoms with Crippen molar-refractivity contribution in [2.75, 3.05) is 0 Å². The quantitative estimate of drug-likeness (QED) is 0.843. The van der Waals surface area contributed by atoms with Gasteiger partial charge in [0, 0.05) is 16.3 Å². The highest BCUT2D eigenvalue weighted by Crippen LogP contribution is 2.27. The summed E-state index contributed by atoms with van der Waals surface area (Å²) in [5.41, 5.74) is 2.05. The number of benzene rings is 1. The molecule has 0 aliphatic heterocycles. The van der Waals surface area contributed by atoms with Crippen LogP contribution in [0.3, 0.4) is 0 Å². The molecule has 0 amide bonds. The number of halogens is 1. The van der Waals surface area contributed by atoms with Crippen molar-refractivity contribution < 1.29 is 9.90 Å². The van der Waals surface area contributed by atoms with Crippen molar-refractivity contribution in [1.29, 1.82) is 0 Å². The number of aromatic nitrogens is 2. The minimum absolute atomic E-state index is 0.0137. The summed E-state index contributed by atoms with van der Waals surface area (Å²) in [7, 11) is 0. The third-order valence-electron chi connectivity index (χ3n) is 2.26. The van der Waals surface area contributed by atoms with Gasteiger partial charge >= 0.3 is 5.97 Å². The van der Waals surface area contributed by atoms with Crippen molar-refractivity contribution in [2.24, 2.45) is 0 Å². The molecule has 0 fully saturated rings. The predicted molar refractivity (Wildman–Crippen MR) is 60.7 cm³/mol. The number of H-pyrrole nitrogens is 1. The zero-order chi connectivity index (χ0) is 11.7. The smallest absolute Gasteiger partial charge is 0.357 e. The lowest BCUT2D eigenvalue weighted by molar-refractivity contribution is 0.0691. The first-order valence-corrected chi connectivity index (χ1v) is 5.01. The van der Waals surface area contributed by atoms with Crippen molar-refractivity contribution in [2.45, 2.75) is 6.92 Å². The summed E-state index contributed by atoms with van der Waals surface area (Å²) < 4.78 is 0. The van der Waals surface area contributed by atoms with Crippen LogP contribution in [-0.2, 0) is 0 Å². The maximum Gasteiger partial charge on any atom is 0.357 e. The van der Waals surface area contributed by atoms with Gasteiger partial charge in [0.25, 0.3) is 0 Å². The molecule has 5 heteroatoms. The van der Waals surface area contributed by atoms with Crippen LogP contribution >= 0.6 is 11.6 Å². The van der Waals surface area contributed by atoms with Gasteiger partial charge in [0.05, 0.1) is 0 Å². The number of aromatic amines is 1. The van der Waals surface area contributed by atoms with Crippen molar-refractivity contribution in [3.8, 4) is 11.1 Å². The second-order valence-electron chi connectivity index (χ2n) is 3.39. The Kier molecular flexibility index (Phi) is 2.66. The Morgan fingerprint density at radius 1 is 1.50 bits per heavy atom. The van der Waals surface area contributed by atoms with E-state index in [0.717, 1.165) is 5.56 Å². The molecule has 0 spiro atoms. The van der Waals surface area contributed by atoms with Gasteiger partial charge in [0.15, 0.2) is 5.69 Å². The van der Waals surface area contributed by atoms with Gasteiger partial charge in [-0.05, 0) is 24.6 Å². The summed E-state index contributed by atoms with van der Waals surface area (Å²) in [6.45, 7) is 1.77. The average molecular weight is 237 g/mol. The first kappa shape index (κ1) is 10.7. The number of nitrogens with one attached hydrogen (secondary N) is 1. The van der Waals surface area contributed by atoms with Crippen LogP contribution in [-0.4, -0.2) is 21.3 Å². The van der Waals surface area contributed by atoms with Gasteiger partial charge in [-0.3, -0.25) is 5.10 Å². The largest absolute Gasteiger partial charge is 0.476 e. The van der Waals surface area contributed by atoms with E-state index in [1.165, 1.54) is 0 Å². The Bertz CT molecular complexity index is 549. The number of carbonyl (C=O) groups is 1. The van der Waals surface area contributed by atoms with Gasteiger partial charge in [0.1, 0.15) is 0 Å². The lowest BCUT2D eigenvalue weighted by atomic mass is 10.0. The van der Waals surface area contributed by atoms with Crippen LogP contribution in [0.5, 0.6) is 0 Å². The highest BCUT2D eigenvalue weighted by molar-refractivity contribution is 6.30. The molecule has 82 valence electrons. The summed E-state index contributed by atoms with van der Waals surface area (Å²) >= 11 is 5.87. The molecular weight excluding hydrogens is 228 g/mol. The zero-order valence-corrected chi connectivity index (χ0v) is 9.25. The number of hydrogen-bond donors (Lipinski definition) is 2. The van der Waals surface area contributed by atoms with E-state index >= 15 is 0 Å². The molecule has 1 aromatic heterocycles. The topological polar surface area (TPSA) is 66.0 Å². The van der Waals surface area contributed by atoms with Crippen molar-refractivity contribution in [1.82, 2.24) is 10.2 Å². The number of carboxylic acids is 1. The van der Waals surface area contributed by atoms with E-state index in [2.05, 4.69) is 10.2 Å². The Hall–Kier alpha value is -1.81. The fourth-order valence-corrected chi connectivity index (χ4v) is 1.77. The fourth-order valence-electron chi connectivity index (χ4n) is 1.58. The highest BCUT2D eigenvalue weighted by atomic mass is 35.5. The lowest BCUT2D eigenvalue weighted by Crippen LogP contribution is -1.99. The molecule has 4 nitrogen and oxygen atoms in total. The number of aromatic carboxylic acids is 1. The van der Waals surface area contributed by atoms with Gasteiger partial charge in [0.2, 0.25) is 0 Å². The molecule has 1 heterocycles. The fraction of sp³-hybridized carbons (Fsp3) is 0.0909. The van der Waals surface area contributed by atoms with Crippen molar-refractivity contribution >= 4 is 17.6 Å². The van der Waals surface area contributed by atoms with Gasteiger partial charge < -0.3 is 5.11 Å². The maximum absolute atomic E-state index is 11.0. The van der Waals surface area contributed by atoms with E-state index in [1.807, 2.05) is 0 Å². The second-order valence-corrected chi connectivity index (χ2v) is 3.82. The normalized spacial score (nSPS) is 10.4. The maximum atomic E-state index is 11.0. The second kappa shape index (κ2) is 3.98. The van der Waals surface area contributed by atoms with Crippen molar-refractivity contribution in [3.05, 3.63) is 40.7 Å². The number of nitrogens with zero attached hydrogens (tertiary/aromatic N) is 1. The van der Waals surface area contributed by atoms with Crippen LogP contribution in [0, 0.1) is 6.92 Å². The van der Waals surface area contributed by atoms with Crippen LogP contribution in [0.25, 0.3) is 11.1 Å². The lowest BCUT2D eigenvalue weighted by Gasteiger charge is -2.01. The first-order valence-electron chi connectivity index (χ1n) is 4.64. The molecule has 0 aliphatic rings. The Balaban J connectivity index is 2.63. The molecule has 0 aliphatic carbocycles. The summed E-state index contributed by atoms with van der Waals surface area (Å²) in [4.78, 5) is 11.0. The first-order chi connectivity index (χ1) is 7.59. The van der Waals surface area contributed by atoms with Gasteiger partial charge in [-0.2, -0.15) is 5.10 Å². The number of carboxylic acid groups (broad SMARTS) is 1. The summed E-state index contributed by atoms with van der Waals surface area (Å²) in [6, 6.07) is 7.03. The molecule has 2 aromatic rings. The minimum atomic E-state index is -1.06. The minimum Gasteiger partial charge on any atom is -0.476 e. The number of rotatable bonds is 2. The van der Waals surface area contributed by atoms with Crippen LogP contribution < -0.4 is 0 Å². The van der Waals surface area contributed by atoms with Crippen LogP contribution in [0.4, 0.5) is 0 Å². The predicted octanol–water partition coefficient (Wildman–Crippen LogP) is 2.74. The number of hydrogen-bond acceptors (Lipinski definition) is 2. The third kappa shape index (κ3) is 1.79. The molecule has 0 atom stereocenters. The molecular formula is C11H9ClN2O2. The molecule has 0 unspecified atom stereocenters. The van der Waals surface area contributed by atoms with E-state index < -0.39 is 5.97 Å². The Morgan fingerprint density at radius 2 is 2.25 bits per heavy atom. The molecule has 0 radical (unpaired) electrons. The summed E-state index contributed by atoms with van der Waals surface area (Å²) in [6.07, 6.45) is 0. The molecule has 1 aromatic carbocycles. The molecule has 0 saturated carbocycles. The van der Waals surface area contributed by atoms with E-state index in [1.54, 1.807) is 31.2 Å². The van der Waals surface area contributed by atoms with E-state index in [0.29, 0.717) is 16.3 Å². The van der Waals surface area contributed by atoms with Gasteiger partial charge in [-0.25, -0.2) is 4.79 Å². The Labute approximate surface area is 96.9 Å². The van der Waals surface area contributed by atoms with E-state index in [9.17, 15) is 4.79 Å². The molecule has 2 N–H and O–H groups in total. The molecule has 0 saturated heterocycles. The number of aryl methyl sites for hydroxylation is 1. The van der Waals surface area contributed by atoms with Gasteiger partial charge in [-0.1, -0.05) is 23.7 Å². The zero-order valence-electron chi connectivity index (χ0n) is 8.49. The van der Waals surface area contributed by atoms with Crippen LogP contribution in [0.1, 0.15) is 16.2 Å². The van der Waals surface area contributed by atoms with Crippen LogP contribution in [0.15, 0.2) is 24.3 Å². The third-order valence-corrected chi connectivity index (χ3v) is 2.50. The van der Waals surface area contributed by atoms with Crippen molar-refractivity contribution in [3.63, 3.8) is 0 Å². The molecule has 16 heavy (non-hydrogen) atoms.